The predicted octanol–water partition coefficient (Wildman–Crippen LogP) is 4.21. The summed E-state index contributed by atoms with van der Waals surface area (Å²) in [7, 11) is 0. The van der Waals surface area contributed by atoms with Crippen molar-refractivity contribution in [3.05, 3.63) is 58.9 Å². The molecule has 21 heavy (non-hydrogen) atoms. The molecule has 0 unspecified atom stereocenters. The van der Waals surface area contributed by atoms with Gasteiger partial charge in [-0.15, -0.1) is 13.2 Å². The van der Waals surface area contributed by atoms with Gasteiger partial charge in [0.1, 0.15) is 5.15 Å². The zero-order valence-corrected chi connectivity index (χ0v) is 11.6. The van der Waals surface area contributed by atoms with Crippen molar-refractivity contribution in [3.8, 4) is 0 Å². The maximum absolute atomic E-state index is 13.2. The maximum atomic E-state index is 13.2. The molecule has 0 spiro atoms. The molecular weight excluding hydrogens is 305 g/mol. The number of halogens is 4. The third-order valence-corrected chi connectivity index (χ3v) is 2.98. The van der Waals surface area contributed by atoms with E-state index in [1.54, 1.807) is 13.0 Å². The predicted molar refractivity (Wildman–Crippen MR) is 73.3 cm³/mol. The number of aryl methyl sites for hydroxylation is 1. The Morgan fingerprint density at radius 1 is 1.14 bits per heavy atom. The van der Waals surface area contributed by atoms with Gasteiger partial charge >= 0.3 is 6.30 Å². The van der Waals surface area contributed by atoms with Crippen LogP contribution in [-0.4, -0.2) is 17.2 Å². The highest BCUT2D eigenvalue weighted by atomic mass is 35.5. The van der Waals surface area contributed by atoms with Crippen molar-refractivity contribution in [2.75, 3.05) is 4.90 Å². The van der Waals surface area contributed by atoms with Crippen molar-refractivity contribution < 1.29 is 18.0 Å². The zero-order valence-electron chi connectivity index (χ0n) is 10.9. The van der Waals surface area contributed by atoms with Gasteiger partial charge < -0.3 is 0 Å². The van der Waals surface area contributed by atoms with Crippen molar-refractivity contribution in [2.24, 2.45) is 0 Å². The van der Waals surface area contributed by atoms with E-state index in [0.717, 1.165) is 0 Å². The second-order valence-electron chi connectivity index (χ2n) is 4.23. The van der Waals surface area contributed by atoms with Gasteiger partial charge in [0.2, 0.25) is 0 Å². The molecule has 2 aromatic rings. The number of hydrogen-bond donors (Lipinski definition) is 0. The fourth-order valence-corrected chi connectivity index (χ4v) is 2.04. The number of alkyl halides is 3. The molecule has 110 valence electrons. The fraction of sp³-hybridized carbons (Fsp3) is 0.143. The maximum Gasteiger partial charge on any atom is 0.491 e. The molecule has 0 N–H and O–H groups in total. The van der Waals surface area contributed by atoms with Crippen LogP contribution in [0.4, 0.5) is 18.9 Å². The van der Waals surface area contributed by atoms with Crippen LogP contribution in [0.5, 0.6) is 0 Å². The monoisotopic (exact) mass is 314 g/mol. The van der Waals surface area contributed by atoms with Gasteiger partial charge in [0.05, 0.1) is 11.3 Å². The van der Waals surface area contributed by atoms with Crippen LogP contribution in [-0.2, 0) is 0 Å². The molecule has 0 bridgehead atoms. The number of carbonyl (C=O) groups excluding carboxylic acids is 1. The largest absolute Gasteiger partial charge is 0.491 e. The molecule has 0 aliphatic carbocycles. The summed E-state index contributed by atoms with van der Waals surface area (Å²) in [6.45, 7) is 1.62. The van der Waals surface area contributed by atoms with Gasteiger partial charge in [-0.1, -0.05) is 29.8 Å². The second kappa shape index (κ2) is 5.73. The first kappa shape index (κ1) is 15.3. The minimum absolute atomic E-state index is 0.259. The van der Waals surface area contributed by atoms with E-state index in [-0.39, 0.29) is 21.3 Å². The third kappa shape index (κ3) is 3.33. The van der Waals surface area contributed by atoms with Gasteiger partial charge in [-0.3, -0.25) is 4.79 Å². The third-order valence-electron chi connectivity index (χ3n) is 2.69. The Balaban J connectivity index is 2.50. The molecule has 0 atom stereocenters. The molecule has 0 saturated carbocycles. The molecule has 2 rings (SSSR count). The van der Waals surface area contributed by atoms with E-state index < -0.39 is 12.2 Å². The van der Waals surface area contributed by atoms with Crippen LogP contribution >= 0.6 is 11.6 Å². The molecule has 0 radical (unpaired) electrons. The van der Waals surface area contributed by atoms with E-state index in [2.05, 4.69) is 4.98 Å². The first-order chi connectivity index (χ1) is 9.80. The Morgan fingerprint density at radius 2 is 1.76 bits per heavy atom. The number of hydrogen-bond acceptors (Lipinski definition) is 2. The average Bonchev–Trinajstić information content (AvgIpc) is 2.38. The number of rotatable bonds is 2. The Labute approximate surface area is 124 Å². The smallest absolute Gasteiger partial charge is 0.268 e. The summed E-state index contributed by atoms with van der Waals surface area (Å²) in [5.74, 6) is -1.27. The quantitative estimate of drug-likeness (QED) is 0.614. The standard InChI is InChI=1S/C14H10ClF3N2O/c1-9-7-8-11(12(15)19-9)13(21)20(14(16,17)18)10-5-3-2-4-6-10/h2-8H,1H3. The number of pyridine rings is 1. The van der Waals surface area contributed by atoms with Crippen LogP contribution in [0.1, 0.15) is 16.1 Å². The Kier molecular flexibility index (Phi) is 4.18. The van der Waals surface area contributed by atoms with Gasteiger partial charge in [-0.05, 0) is 31.2 Å². The minimum atomic E-state index is -4.87. The van der Waals surface area contributed by atoms with E-state index in [1.807, 2.05) is 0 Å². The lowest BCUT2D eigenvalue weighted by Crippen LogP contribution is -2.43. The number of anilines is 1. The average molecular weight is 315 g/mol. The zero-order chi connectivity index (χ0) is 15.6. The summed E-state index contributed by atoms with van der Waals surface area (Å²) in [6, 6.07) is 9.44. The highest BCUT2D eigenvalue weighted by Crippen LogP contribution is 2.31. The van der Waals surface area contributed by atoms with E-state index >= 15 is 0 Å². The first-order valence-electron chi connectivity index (χ1n) is 5.90. The first-order valence-corrected chi connectivity index (χ1v) is 6.28. The van der Waals surface area contributed by atoms with Crippen LogP contribution in [0.2, 0.25) is 5.15 Å². The summed E-state index contributed by atoms with van der Waals surface area (Å²) in [4.78, 5) is 15.8. The lowest BCUT2D eigenvalue weighted by molar-refractivity contribution is -0.122. The molecule has 0 aliphatic rings. The van der Waals surface area contributed by atoms with E-state index in [0.29, 0.717) is 5.69 Å². The Hall–Kier alpha value is -2.08. The van der Waals surface area contributed by atoms with Gasteiger partial charge in [0.25, 0.3) is 5.91 Å². The lowest BCUT2D eigenvalue weighted by Gasteiger charge is -2.25. The molecule has 3 nitrogen and oxygen atoms in total. The molecule has 1 heterocycles. The fourth-order valence-electron chi connectivity index (χ4n) is 1.76. The molecule has 0 saturated heterocycles. The van der Waals surface area contributed by atoms with Crippen molar-refractivity contribution in [1.29, 1.82) is 0 Å². The highest BCUT2D eigenvalue weighted by molar-refractivity contribution is 6.33. The number of nitrogens with zero attached hydrogens (tertiary/aromatic N) is 2. The van der Waals surface area contributed by atoms with E-state index in [9.17, 15) is 18.0 Å². The second-order valence-corrected chi connectivity index (χ2v) is 4.59. The van der Waals surface area contributed by atoms with Crippen LogP contribution < -0.4 is 4.90 Å². The van der Waals surface area contributed by atoms with Gasteiger partial charge in [0, 0.05) is 5.69 Å². The molecule has 1 amide bonds. The minimum Gasteiger partial charge on any atom is -0.268 e. The van der Waals surface area contributed by atoms with Crippen LogP contribution in [0.25, 0.3) is 0 Å². The summed E-state index contributed by atoms with van der Waals surface area (Å²) < 4.78 is 39.6. The van der Waals surface area contributed by atoms with Gasteiger partial charge in [-0.25, -0.2) is 9.88 Å². The number of amides is 1. The van der Waals surface area contributed by atoms with Crippen LogP contribution in [0.15, 0.2) is 42.5 Å². The number of carbonyl (C=O) groups is 1. The summed E-state index contributed by atoms with van der Waals surface area (Å²) >= 11 is 5.78. The highest BCUT2D eigenvalue weighted by Gasteiger charge is 2.43. The molecular formula is C14H10ClF3N2O. The normalized spacial score (nSPS) is 11.3. The number of benzene rings is 1. The van der Waals surface area contributed by atoms with E-state index in [4.69, 9.17) is 11.6 Å². The molecule has 0 aliphatic heterocycles. The molecule has 1 aromatic heterocycles. The van der Waals surface area contributed by atoms with Crippen molar-refractivity contribution in [2.45, 2.75) is 13.2 Å². The Bertz CT molecular complexity index is 659. The lowest BCUT2D eigenvalue weighted by atomic mass is 10.2. The van der Waals surface area contributed by atoms with Gasteiger partial charge in [0.15, 0.2) is 0 Å². The van der Waals surface area contributed by atoms with Gasteiger partial charge in [-0.2, -0.15) is 0 Å². The van der Waals surface area contributed by atoms with Crippen molar-refractivity contribution in [1.82, 2.24) is 4.98 Å². The summed E-state index contributed by atoms with van der Waals surface area (Å²) in [6.07, 6.45) is -4.87. The topological polar surface area (TPSA) is 33.2 Å². The van der Waals surface area contributed by atoms with Crippen molar-refractivity contribution >= 4 is 23.2 Å². The molecule has 7 heteroatoms. The summed E-state index contributed by atoms with van der Waals surface area (Å²) in [5.41, 5.74) is -0.0788. The Morgan fingerprint density at radius 3 is 2.29 bits per heavy atom. The SMILES string of the molecule is Cc1ccc(C(=O)N(c2ccccc2)C(F)(F)F)c(Cl)n1. The number of para-hydroxylation sites is 1. The van der Waals surface area contributed by atoms with Crippen LogP contribution in [0.3, 0.4) is 0 Å². The van der Waals surface area contributed by atoms with Crippen molar-refractivity contribution in [3.63, 3.8) is 0 Å². The number of aromatic nitrogens is 1. The molecule has 0 fully saturated rings. The summed E-state index contributed by atoms with van der Waals surface area (Å²) in [5, 5.41) is -0.259. The molecule has 1 aromatic carbocycles. The van der Waals surface area contributed by atoms with E-state index in [1.165, 1.54) is 36.4 Å². The van der Waals surface area contributed by atoms with Crippen LogP contribution in [0, 0.1) is 6.92 Å².